The summed E-state index contributed by atoms with van der Waals surface area (Å²) in [6, 6.07) is 0. The third kappa shape index (κ3) is 2.92. The molecule has 90 valence electrons. The van der Waals surface area contributed by atoms with Crippen molar-refractivity contribution in [1.29, 1.82) is 0 Å². The number of hydrogen-bond acceptors (Lipinski definition) is 2. The summed E-state index contributed by atoms with van der Waals surface area (Å²) < 4.78 is 0. The molecule has 2 saturated heterocycles. The number of thiocarbonyl (C=S) groups is 2. The number of rotatable bonds is 0. The molecule has 16 heavy (non-hydrogen) atoms. The largest absolute Gasteiger partial charge is 0.360 e. The van der Waals surface area contributed by atoms with Crippen LogP contribution in [0.4, 0.5) is 0 Å². The zero-order chi connectivity index (χ0) is 11.4. The van der Waals surface area contributed by atoms with Gasteiger partial charge in [0.1, 0.15) is 9.98 Å². The lowest BCUT2D eigenvalue weighted by atomic mass is 10.1. The Morgan fingerprint density at radius 1 is 0.562 bits per heavy atom. The van der Waals surface area contributed by atoms with Crippen LogP contribution in [0.1, 0.15) is 38.5 Å². The van der Waals surface area contributed by atoms with Crippen molar-refractivity contribution in [3.8, 4) is 0 Å². The molecule has 0 aromatic carbocycles. The van der Waals surface area contributed by atoms with Crippen LogP contribution in [0.25, 0.3) is 0 Å². The SMILES string of the molecule is S=C(C(=S)N1CCCCC1)N1CCCCC1. The zero-order valence-corrected chi connectivity index (χ0v) is 11.4. The zero-order valence-electron chi connectivity index (χ0n) is 9.78. The first-order valence-electron chi connectivity index (χ1n) is 6.37. The molecule has 0 aromatic rings. The lowest BCUT2D eigenvalue weighted by molar-refractivity contribution is 0.331. The van der Waals surface area contributed by atoms with Gasteiger partial charge < -0.3 is 9.80 Å². The molecule has 2 aliphatic rings. The van der Waals surface area contributed by atoms with Crippen LogP contribution >= 0.6 is 24.4 Å². The summed E-state index contributed by atoms with van der Waals surface area (Å²) >= 11 is 11.0. The van der Waals surface area contributed by atoms with Gasteiger partial charge >= 0.3 is 0 Å². The van der Waals surface area contributed by atoms with E-state index in [9.17, 15) is 0 Å². The van der Waals surface area contributed by atoms with Gasteiger partial charge in [-0.15, -0.1) is 0 Å². The summed E-state index contributed by atoms with van der Waals surface area (Å²) in [5.74, 6) is 0. The fraction of sp³-hybridized carbons (Fsp3) is 0.833. The van der Waals surface area contributed by atoms with Gasteiger partial charge in [0, 0.05) is 26.2 Å². The predicted octanol–water partition coefficient (Wildman–Crippen LogP) is 2.61. The Kier molecular flexibility index (Phi) is 4.53. The van der Waals surface area contributed by atoms with E-state index in [1.54, 1.807) is 0 Å². The molecular formula is C12H20N2S2. The van der Waals surface area contributed by atoms with Crippen molar-refractivity contribution in [2.75, 3.05) is 26.2 Å². The maximum Gasteiger partial charge on any atom is 0.136 e. The quantitative estimate of drug-likeness (QED) is 0.614. The topological polar surface area (TPSA) is 6.48 Å². The van der Waals surface area contributed by atoms with Crippen LogP contribution in [0, 0.1) is 0 Å². The Morgan fingerprint density at radius 3 is 1.19 bits per heavy atom. The average Bonchev–Trinajstić information content (AvgIpc) is 2.39. The van der Waals surface area contributed by atoms with E-state index in [2.05, 4.69) is 9.80 Å². The Hall–Kier alpha value is -0.220. The summed E-state index contributed by atoms with van der Waals surface area (Å²) in [4.78, 5) is 6.46. The first kappa shape index (κ1) is 12.2. The van der Waals surface area contributed by atoms with Crippen LogP contribution < -0.4 is 0 Å². The molecule has 2 heterocycles. The molecule has 0 spiro atoms. The van der Waals surface area contributed by atoms with Gasteiger partial charge in [0.2, 0.25) is 0 Å². The van der Waals surface area contributed by atoms with Crippen molar-refractivity contribution in [2.45, 2.75) is 38.5 Å². The lowest BCUT2D eigenvalue weighted by Crippen LogP contribution is -2.46. The molecule has 2 nitrogen and oxygen atoms in total. The van der Waals surface area contributed by atoms with E-state index in [1.165, 1.54) is 38.5 Å². The molecule has 0 aliphatic carbocycles. The van der Waals surface area contributed by atoms with Gasteiger partial charge in [-0.1, -0.05) is 24.4 Å². The summed E-state index contributed by atoms with van der Waals surface area (Å²) in [5, 5.41) is 0. The molecule has 0 atom stereocenters. The van der Waals surface area contributed by atoms with Crippen LogP contribution in [0.2, 0.25) is 0 Å². The third-order valence-corrected chi connectivity index (χ3v) is 4.50. The van der Waals surface area contributed by atoms with Crippen LogP contribution in [-0.4, -0.2) is 46.0 Å². The minimum Gasteiger partial charge on any atom is -0.360 e. The minimum atomic E-state index is 0.927. The van der Waals surface area contributed by atoms with Gasteiger partial charge in [-0.05, 0) is 38.5 Å². The molecule has 2 fully saturated rings. The fourth-order valence-corrected chi connectivity index (χ4v) is 3.09. The highest BCUT2D eigenvalue weighted by Gasteiger charge is 2.21. The van der Waals surface area contributed by atoms with Crippen molar-refractivity contribution in [2.24, 2.45) is 0 Å². The van der Waals surface area contributed by atoms with Crippen molar-refractivity contribution in [3.05, 3.63) is 0 Å². The van der Waals surface area contributed by atoms with Gasteiger partial charge in [0.15, 0.2) is 0 Å². The minimum absolute atomic E-state index is 0.927. The summed E-state index contributed by atoms with van der Waals surface area (Å²) in [6.07, 6.45) is 7.75. The summed E-state index contributed by atoms with van der Waals surface area (Å²) in [7, 11) is 0. The van der Waals surface area contributed by atoms with E-state index in [0.717, 1.165) is 36.2 Å². The molecule has 4 heteroatoms. The second-order valence-corrected chi connectivity index (χ2v) is 5.48. The van der Waals surface area contributed by atoms with Gasteiger partial charge in [-0.2, -0.15) is 0 Å². The summed E-state index contributed by atoms with van der Waals surface area (Å²) in [5.41, 5.74) is 0. The van der Waals surface area contributed by atoms with E-state index in [4.69, 9.17) is 24.4 Å². The molecule has 0 bridgehead atoms. The van der Waals surface area contributed by atoms with E-state index in [1.807, 2.05) is 0 Å². The lowest BCUT2D eigenvalue weighted by Gasteiger charge is -2.35. The van der Waals surface area contributed by atoms with Gasteiger partial charge in [-0.3, -0.25) is 0 Å². The molecule has 0 unspecified atom stereocenters. The molecule has 0 amide bonds. The maximum absolute atomic E-state index is 5.52. The Balaban J connectivity index is 1.89. The molecule has 2 rings (SSSR count). The summed E-state index contributed by atoms with van der Waals surface area (Å²) in [6.45, 7) is 4.42. The first-order valence-corrected chi connectivity index (χ1v) is 7.19. The molecule has 0 N–H and O–H groups in total. The smallest absolute Gasteiger partial charge is 0.136 e. The van der Waals surface area contributed by atoms with Crippen LogP contribution in [0.15, 0.2) is 0 Å². The van der Waals surface area contributed by atoms with Gasteiger partial charge in [0.25, 0.3) is 0 Å². The Bertz CT molecular complexity index is 238. The van der Waals surface area contributed by atoms with Crippen molar-refractivity contribution >= 4 is 34.4 Å². The van der Waals surface area contributed by atoms with E-state index < -0.39 is 0 Å². The van der Waals surface area contributed by atoms with Crippen LogP contribution in [-0.2, 0) is 0 Å². The molecule has 0 saturated carbocycles. The van der Waals surface area contributed by atoms with E-state index in [0.29, 0.717) is 0 Å². The van der Waals surface area contributed by atoms with Crippen molar-refractivity contribution in [3.63, 3.8) is 0 Å². The molecule has 0 aromatic heterocycles. The average molecular weight is 256 g/mol. The van der Waals surface area contributed by atoms with Crippen LogP contribution in [0.3, 0.4) is 0 Å². The van der Waals surface area contributed by atoms with E-state index in [-0.39, 0.29) is 0 Å². The maximum atomic E-state index is 5.52. The molecule has 2 aliphatic heterocycles. The second-order valence-electron chi connectivity index (χ2n) is 4.71. The monoisotopic (exact) mass is 256 g/mol. The number of nitrogens with zero attached hydrogens (tertiary/aromatic N) is 2. The first-order chi connectivity index (χ1) is 7.79. The highest BCUT2D eigenvalue weighted by atomic mass is 32.1. The third-order valence-electron chi connectivity index (χ3n) is 3.47. The molecule has 0 radical (unpaired) electrons. The van der Waals surface area contributed by atoms with Gasteiger partial charge in [0.05, 0.1) is 0 Å². The van der Waals surface area contributed by atoms with Crippen molar-refractivity contribution < 1.29 is 0 Å². The van der Waals surface area contributed by atoms with E-state index >= 15 is 0 Å². The number of likely N-dealkylation sites (tertiary alicyclic amines) is 2. The normalized spacial score (nSPS) is 22.0. The van der Waals surface area contributed by atoms with Crippen LogP contribution in [0.5, 0.6) is 0 Å². The molecular weight excluding hydrogens is 236 g/mol. The Morgan fingerprint density at radius 2 is 0.875 bits per heavy atom. The van der Waals surface area contributed by atoms with Gasteiger partial charge in [-0.25, -0.2) is 0 Å². The fourth-order valence-electron chi connectivity index (χ4n) is 2.46. The highest BCUT2D eigenvalue weighted by molar-refractivity contribution is 7.89. The standard InChI is InChI=1S/C12H20N2S2/c15-11(13-7-3-1-4-8-13)12(16)14-9-5-2-6-10-14/h1-10H2. The number of hydrogen-bond donors (Lipinski definition) is 0. The van der Waals surface area contributed by atoms with Crippen molar-refractivity contribution in [1.82, 2.24) is 9.80 Å². The second kappa shape index (κ2) is 5.92. The Labute approximate surface area is 109 Å². The number of piperidine rings is 2. The predicted molar refractivity (Wildman–Crippen MR) is 76.0 cm³/mol. The highest BCUT2D eigenvalue weighted by Crippen LogP contribution is 2.14.